The summed E-state index contributed by atoms with van der Waals surface area (Å²) >= 11 is 0. The van der Waals surface area contributed by atoms with E-state index in [-0.39, 0.29) is 18.1 Å². The molecule has 0 unspecified atom stereocenters. The molecule has 0 saturated carbocycles. The van der Waals surface area contributed by atoms with Gasteiger partial charge in [-0.2, -0.15) is 0 Å². The average molecular weight is 325 g/mol. The maximum Gasteiger partial charge on any atom is 0.307 e. The molecule has 0 aliphatic rings. The summed E-state index contributed by atoms with van der Waals surface area (Å²) in [6.07, 6.45) is 1.37. The third-order valence-corrected chi connectivity index (χ3v) is 3.63. The predicted octanol–water partition coefficient (Wildman–Crippen LogP) is 4.32. The van der Waals surface area contributed by atoms with Gasteiger partial charge in [-0.3, -0.25) is 9.78 Å². The Labute approximate surface area is 137 Å². The van der Waals surface area contributed by atoms with Crippen molar-refractivity contribution in [1.82, 2.24) is 4.98 Å². The molecule has 0 bridgehead atoms. The van der Waals surface area contributed by atoms with Gasteiger partial charge >= 0.3 is 5.97 Å². The molecular weight excluding hydrogens is 312 g/mol. The Morgan fingerprint density at radius 3 is 2.00 bits per heavy atom. The summed E-state index contributed by atoms with van der Waals surface area (Å²) in [7, 11) is 0. The number of carbonyl (C=O) groups is 1. The smallest absolute Gasteiger partial charge is 0.307 e. The van der Waals surface area contributed by atoms with E-state index >= 15 is 0 Å². The topological polar surface area (TPSA) is 50.2 Å². The van der Waals surface area contributed by atoms with E-state index < -0.39 is 5.97 Å². The average Bonchev–Trinajstić information content (AvgIpc) is 2.56. The lowest BCUT2D eigenvalue weighted by molar-refractivity contribution is -0.136. The van der Waals surface area contributed by atoms with E-state index in [1.54, 1.807) is 36.5 Å². The van der Waals surface area contributed by atoms with Crippen LogP contribution in [0, 0.1) is 11.6 Å². The number of carboxylic acids is 1. The van der Waals surface area contributed by atoms with Gasteiger partial charge in [0.2, 0.25) is 0 Å². The Kier molecular flexibility index (Phi) is 4.33. The number of rotatable bonds is 4. The summed E-state index contributed by atoms with van der Waals surface area (Å²) in [6.45, 7) is 0. The van der Waals surface area contributed by atoms with Crippen LogP contribution >= 0.6 is 0 Å². The SMILES string of the molecule is O=C(O)Cc1cc(-c2ccc(F)cc2)ncc1-c1ccc(F)cc1. The van der Waals surface area contributed by atoms with Crippen LogP contribution in [-0.4, -0.2) is 16.1 Å². The lowest BCUT2D eigenvalue weighted by atomic mass is 9.97. The van der Waals surface area contributed by atoms with Gasteiger partial charge in [-0.05, 0) is 53.6 Å². The van der Waals surface area contributed by atoms with Crippen LogP contribution in [0.3, 0.4) is 0 Å². The highest BCUT2D eigenvalue weighted by Gasteiger charge is 2.12. The fraction of sp³-hybridized carbons (Fsp3) is 0.0526. The van der Waals surface area contributed by atoms with E-state index in [1.807, 2.05) is 0 Å². The molecule has 0 aliphatic carbocycles. The highest BCUT2D eigenvalue weighted by atomic mass is 19.1. The molecule has 120 valence electrons. The molecule has 3 rings (SSSR count). The van der Waals surface area contributed by atoms with Gasteiger partial charge in [0.15, 0.2) is 0 Å². The summed E-state index contributed by atoms with van der Waals surface area (Å²) < 4.78 is 26.1. The van der Waals surface area contributed by atoms with Crippen LogP contribution in [0.1, 0.15) is 5.56 Å². The predicted molar refractivity (Wildman–Crippen MR) is 86.4 cm³/mol. The highest BCUT2D eigenvalue weighted by Crippen LogP contribution is 2.28. The number of carboxylic acid groups (broad SMARTS) is 1. The first-order valence-corrected chi connectivity index (χ1v) is 7.25. The lowest BCUT2D eigenvalue weighted by Gasteiger charge is -2.10. The molecule has 1 aromatic heterocycles. The van der Waals surface area contributed by atoms with Crippen molar-refractivity contribution in [2.75, 3.05) is 0 Å². The summed E-state index contributed by atoms with van der Waals surface area (Å²) in [6, 6.07) is 13.3. The van der Waals surface area contributed by atoms with E-state index in [2.05, 4.69) is 4.98 Å². The van der Waals surface area contributed by atoms with E-state index in [4.69, 9.17) is 5.11 Å². The first-order valence-electron chi connectivity index (χ1n) is 7.25. The van der Waals surface area contributed by atoms with E-state index in [1.165, 1.54) is 24.3 Å². The fourth-order valence-electron chi connectivity index (χ4n) is 2.47. The molecule has 1 heterocycles. The Morgan fingerprint density at radius 1 is 0.917 bits per heavy atom. The molecule has 3 nitrogen and oxygen atoms in total. The van der Waals surface area contributed by atoms with E-state index in [9.17, 15) is 13.6 Å². The molecular formula is C19H13F2NO2. The zero-order chi connectivity index (χ0) is 17.1. The van der Waals surface area contributed by atoms with Crippen molar-refractivity contribution < 1.29 is 18.7 Å². The molecule has 2 aromatic carbocycles. The van der Waals surface area contributed by atoms with Gasteiger partial charge in [0.25, 0.3) is 0 Å². The van der Waals surface area contributed by atoms with Gasteiger partial charge in [0.05, 0.1) is 12.1 Å². The second-order valence-electron chi connectivity index (χ2n) is 5.31. The fourth-order valence-corrected chi connectivity index (χ4v) is 2.47. The van der Waals surface area contributed by atoms with Crippen molar-refractivity contribution in [3.63, 3.8) is 0 Å². The van der Waals surface area contributed by atoms with Gasteiger partial charge < -0.3 is 5.11 Å². The lowest BCUT2D eigenvalue weighted by Crippen LogP contribution is -2.03. The molecule has 24 heavy (non-hydrogen) atoms. The second-order valence-corrected chi connectivity index (χ2v) is 5.31. The quantitative estimate of drug-likeness (QED) is 0.777. The van der Waals surface area contributed by atoms with Gasteiger partial charge in [-0.1, -0.05) is 12.1 Å². The molecule has 0 fully saturated rings. The number of pyridine rings is 1. The summed E-state index contributed by atoms with van der Waals surface area (Å²) in [5.41, 5.74) is 3.11. The van der Waals surface area contributed by atoms with Crippen LogP contribution in [0.15, 0.2) is 60.8 Å². The zero-order valence-corrected chi connectivity index (χ0v) is 12.5. The number of halogens is 2. The summed E-state index contributed by atoms with van der Waals surface area (Å²) in [5, 5.41) is 9.15. The zero-order valence-electron chi connectivity index (χ0n) is 12.5. The Hall–Kier alpha value is -3.08. The number of nitrogens with zero attached hydrogens (tertiary/aromatic N) is 1. The first kappa shape index (κ1) is 15.8. The van der Waals surface area contributed by atoms with Gasteiger partial charge in [0.1, 0.15) is 11.6 Å². The maximum atomic E-state index is 13.1. The Morgan fingerprint density at radius 2 is 1.46 bits per heavy atom. The number of hydrogen-bond acceptors (Lipinski definition) is 2. The molecule has 0 radical (unpaired) electrons. The maximum absolute atomic E-state index is 13.1. The minimum atomic E-state index is -0.977. The van der Waals surface area contributed by atoms with Crippen molar-refractivity contribution in [3.05, 3.63) is 78.0 Å². The molecule has 0 amide bonds. The molecule has 0 spiro atoms. The van der Waals surface area contributed by atoms with Crippen LogP contribution in [0.25, 0.3) is 22.4 Å². The highest BCUT2D eigenvalue weighted by molar-refractivity contribution is 5.78. The second kappa shape index (κ2) is 6.58. The van der Waals surface area contributed by atoms with Crippen LogP contribution < -0.4 is 0 Å². The summed E-state index contributed by atoms with van der Waals surface area (Å²) in [4.78, 5) is 15.5. The Balaban J connectivity index is 2.08. The molecule has 0 saturated heterocycles. The number of aliphatic carboxylic acids is 1. The van der Waals surface area contributed by atoms with Crippen molar-refractivity contribution in [1.29, 1.82) is 0 Å². The van der Waals surface area contributed by atoms with Crippen LogP contribution in [0.2, 0.25) is 0 Å². The van der Waals surface area contributed by atoms with Crippen molar-refractivity contribution in [2.45, 2.75) is 6.42 Å². The van der Waals surface area contributed by atoms with Gasteiger partial charge in [-0.15, -0.1) is 0 Å². The molecule has 0 aliphatic heterocycles. The monoisotopic (exact) mass is 325 g/mol. The van der Waals surface area contributed by atoms with E-state index in [0.717, 1.165) is 0 Å². The minimum absolute atomic E-state index is 0.191. The van der Waals surface area contributed by atoms with Crippen molar-refractivity contribution >= 4 is 5.97 Å². The van der Waals surface area contributed by atoms with E-state index in [0.29, 0.717) is 27.9 Å². The van der Waals surface area contributed by atoms with Crippen molar-refractivity contribution in [2.24, 2.45) is 0 Å². The largest absolute Gasteiger partial charge is 0.481 e. The molecule has 1 N–H and O–H groups in total. The number of aromatic nitrogens is 1. The molecule has 3 aromatic rings. The Bertz CT molecular complexity index is 875. The third-order valence-electron chi connectivity index (χ3n) is 3.63. The molecule has 5 heteroatoms. The van der Waals surface area contributed by atoms with Crippen LogP contribution in [0.5, 0.6) is 0 Å². The standard InChI is InChI=1S/C19H13F2NO2/c20-15-5-1-12(2-6-15)17-11-22-18(9-14(17)10-19(23)24)13-3-7-16(21)8-4-13/h1-9,11H,10H2,(H,23,24). The molecule has 0 atom stereocenters. The number of benzene rings is 2. The van der Waals surface area contributed by atoms with Gasteiger partial charge in [0, 0.05) is 17.3 Å². The first-order chi connectivity index (χ1) is 11.5. The number of hydrogen-bond donors (Lipinski definition) is 1. The third kappa shape index (κ3) is 3.46. The van der Waals surface area contributed by atoms with Gasteiger partial charge in [-0.25, -0.2) is 8.78 Å². The van der Waals surface area contributed by atoms with Crippen LogP contribution in [0.4, 0.5) is 8.78 Å². The van der Waals surface area contributed by atoms with Crippen molar-refractivity contribution in [3.8, 4) is 22.4 Å². The minimum Gasteiger partial charge on any atom is -0.481 e. The normalized spacial score (nSPS) is 10.6. The van der Waals surface area contributed by atoms with Crippen LogP contribution in [-0.2, 0) is 11.2 Å². The summed E-state index contributed by atoms with van der Waals surface area (Å²) in [5.74, 6) is -1.70.